The maximum absolute atomic E-state index is 14.4. The number of fused-ring (bicyclic) bond motifs is 1. The van der Waals surface area contributed by atoms with Crippen molar-refractivity contribution in [3.05, 3.63) is 53.1 Å². The van der Waals surface area contributed by atoms with Gasteiger partial charge in [0.1, 0.15) is 23.4 Å². The molecule has 1 N–H and O–H groups in total. The van der Waals surface area contributed by atoms with E-state index in [1.54, 1.807) is 13.8 Å². The number of rotatable bonds is 20. The average Bonchev–Trinajstić information content (AvgIpc) is 3.29. The molecule has 0 fully saturated rings. The van der Waals surface area contributed by atoms with Gasteiger partial charge in [0.2, 0.25) is 11.5 Å². The van der Waals surface area contributed by atoms with Gasteiger partial charge in [0.05, 0.1) is 5.56 Å². The van der Waals surface area contributed by atoms with Gasteiger partial charge >= 0.3 is 47.8 Å². The fourth-order valence-electron chi connectivity index (χ4n) is 5.72. The second kappa shape index (κ2) is 23.6. The molecule has 0 saturated carbocycles. The van der Waals surface area contributed by atoms with E-state index in [0.29, 0.717) is 0 Å². The zero-order valence-electron chi connectivity index (χ0n) is 37.4. The summed E-state index contributed by atoms with van der Waals surface area (Å²) in [5.41, 5.74) is -0.101. The van der Waals surface area contributed by atoms with E-state index in [2.05, 4.69) is 0 Å². The quantitative estimate of drug-likeness (QED) is 0.0687. The Morgan fingerprint density at radius 3 is 1.35 bits per heavy atom. The van der Waals surface area contributed by atoms with E-state index in [-0.39, 0.29) is 103 Å². The van der Waals surface area contributed by atoms with Gasteiger partial charge in [-0.1, -0.05) is 55.4 Å². The monoisotopic (exact) mass is 908 g/mol. The zero-order chi connectivity index (χ0) is 48.0. The van der Waals surface area contributed by atoms with Crippen molar-refractivity contribution < 1.29 is 90.8 Å². The van der Waals surface area contributed by atoms with Crippen LogP contribution in [0.5, 0.6) is 51.7 Å². The van der Waals surface area contributed by atoms with Crippen LogP contribution < -0.4 is 42.6 Å². The lowest BCUT2D eigenvalue weighted by Gasteiger charge is -2.35. The van der Waals surface area contributed by atoms with Crippen molar-refractivity contribution in [2.45, 2.75) is 132 Å². The highest BCUT2D eigenvalue weighted by molar-refractivity contribution is 5.93. The first-order valence-corrected chi connectivity index (χ1v) is 21.2. The summed E-state index contributed by atoms with van der Waals surface area (Å²) >= 11 is 0. The van der Waals surface area contributed by atoms with Crippen LogP contribution in [0.25, 0.3) is 0 Å². The summed E-state index contributed by atoms with van der Waals surface area (Å²) in [7, 11) is 0. The molecule has 4 rings (SSSR count). The van der Waals surface area contributed by atoms with Crippen molar-refractivity contribution in [1.29, 1.82) is 0 Å². The molecule has 0 aromatic heterocycles. The Morgan fingerprint density at radius 1 is 0.538 bits per heavy atom. The first-order chi connectivity index (χ1) is 31.0. The smallest absolute Gasteiger partial charge is 0.338 e. The molecule has 19 heteroatoms. The number of aliphatic hydroxyl groups excluding tert-OH is 1. The SMILES string of the molecule is CCC(=O)Oc1cc(OC(O)CC)c2c(c1)O[C@H](c1cc(OC(=O)CC)c(OC(=O)CC)c(OC(=O)CC)c1)[C@H](OC(=O)c1cc(OC(=O)CC)c(OC(=O)CC)c(OC(=O)CC)c1)C2. The van der Waals surface area contributed by atoms with Crippen LogP contribution >= 0.6 is 0 Å². The average molecular weight is 909 g/mol. The highest BCUT2D eigenvalue weighted by atomic mass is 16.6. The number of hydrogen-bond acceptors (Lipinski definition) is 19. The van der Waals surface area contributed by atoms with Gasteiger partial charge in [-0.3, -0.25) is 33.6 Å². The standard InChI is InChI=1S/C46H52O19/c1-9-35(47)56-26-21-28(57-36(48)10-2)27-23-34(63-46(55)25-19-32(60-39(51)13-5)45(65-42(54)16-8)33(20-25)61-40(52)14-6)43(62-29(27)22-26)24-17-30(58-37(49)11-3)44(64-41(53)15-7)31(18-24)59-38(50)12-4/h17-22,34,36,43,48H,9-16,23H2,1-8H3/t34-,36?,43-/m1/s1. The third kappa shape index (κ3) is 13.5. The Hall–Kier alpha value is -7.02. The highest BCUT2D eigenvalue weighted by Crippen LogP contribution is 2.48. The number of esters is 8. The van der Waals surface area contributed by atoms with Crippen LogP contribution in [0, 0.1) is 0 Å². The number of aliphatic hydroxyl groups is 1. The predicted octanol–water partition coefficient (Wildman–Crippen LogP) is 6.90. The summed E-state index contributed by atoms with van der Waals surface area (Å²) in [6.45, 7) is 12.3. The van der Waals surface area contributed by atoms with Gasteiger partial charge in [0.25, 0.3) is 0 Å². The third-order valence-electron chi connectivity index (χ3n) is 9.22. The molecule has 0 aliphatic carbocycles. The maximum atomic E-state index is 14.4. The molecular formula is C46H52O19. The Labute approximate surface area is 374 Å². The van der Waals surface area contributed by atoms with Crippen molar-refractivity contribution >= 4 is 47.8 Å². The van der Waals surface area contributed by atoms with E-state index in [0.717, 1.165) is 12.1 Å². The first-order valence-electron chi connectivity index (χ1n) is 21.2. The van der Waals surface area contributed by atoms with Crippen LogP contribution in [0.2, 0.25) is 0 Å². The Kier molecular flexibility index (Phi) is 18.4. The largest absolute Gasteiger partial charge is 0.481 e. The highest BCUT2D eigenvalue weighted by Gasteiger charge is 2.39. The minimum atomic E-state index is -1.43. The van der Waals surface area contributed by atoms with Gasteiger partial charge in [0.15, 0.2) is 35.4 Å². The molecule has 0 bridgehead atoms. The lowest BCUT2D eigenvalue weighted by atomic mass is 9.93. The zero-order valence-corrected chi connectivity index (χ0v) is 37.4. The number of benzene rings is 3. The molecule has 1 aliphatic rings. The molecule has 0 amide bonds. The van der Waals surface area contributed by atoms with Crippen LogP contribution in [0.15, 0.2) is 36.4 Å². The first kappa shape index (κ1) is 50.6. The minimum absolute atomic E-state index is 0.000565. The summed E-state index contributed by atoms with van der Waals surface area (Å²) in [6.07, 6.45) is -5.12. The topological polar surface area (TPSA) is 249 Å². The van der Waals surface area contributed by atoms with Crippen molar-refractivity contribution in [3.63, 3.8) is 0 Å². The Balaban J connectivity index is 2.02. The normalized spacial score (nSPS) is 14.3. The summed E-state index contributed by atoms with van der Waals surface area (Å²) in [4.78, 5) is 103. The van der Waals surface area contributed by atoms with E-state index in [1.807, 2.05) is 0 Å². The molecule has 65 heavy (non-hydrogen) atoms. The van der Waals surface area contributed by atoms with E-state index in [1.165, 1.54) is 65.8 Å². The molecule has 3 aromatic rings. The molecule has 1 aliphatic heterocycles. The summed E-state index contributed by atoms with van der Waals surface area (Å²) in [6, 6.07) is 7.32. The number of carbonyl (C=O) groups excluding carboxylic acids is 8. The van der Waals surface area contributed by atoms with Crippen molar-refractivity contribution in [1.82, 2.24) is 0 Å². The second-order valence-corrected chi connectivity index (χ2v) is 14.0. The molecule has 1 heterocycles. The van der Waals surface area contributed by atoms with Crippen LogP contribution in [-0.2, 0) is 44.7 Å². The number of hydrogen-bond donors (Lipinski definition) is 1. The summed E-state index contributed by atoms with van der Waals surface area (Å²) in [5, 5.41) is 10.6. The molecule has 350 valence electrons. The molecule has 0 radical (unpaired) electrons. The summed E-state index contributed by atoms with van der Waals surface area (Å²) < 4.78 is 57.0. The molecule has 3 atom stereocenters. The van der Waals surface area contributed by atoms with Gasteiger partial charge in [-0.25, -0.2) is 4.79 Å². The van der Waals surface area contributed by atoms with Crippen LogP contribution in [0.1, 0.15) is 134 Å². The van der Waals surface area contributed by atoms with Gasteiger partial charge in [-0.15, -0.1) is 0 Å². The molecule has 0 spiro atoms. The van der Waals surface area contributed by atoms with Crippen LogP contribution in [0.4, 0.5) is 0 Å². The van der Waals surface area contributed by atoms with Gasteiger partial charge in [-0.2, -0.15) is 0 Å². The summed E-state index contributed by atoms with van der Waals surface area (Å²) in [5.74, 6) is -8.95. The number of ether oxygens (including phenoxy) is 10. The third-order valence-corrected chi connectivity index (χ3v) is 9.22. The van der Waals surface area contributed by atoms with Gasteiger partial charge in [-0.05, 0) is 24.3 Å². The molecule has 3 aromatic carbocycles. The predicted molar refractivity (Wildman–Crippen MR) is 224 cm³/mol. The van der Waals surface area contributed by atoms with E-state index >= 15 is 0 Å². The van der Waals surface area contributed by atoms with E-state index in [9.17, 15) is 43.5 Å². The number of carbonyl (C=O) groups is 8. The lowest BCUT2D eigenvalue weighted by molar-refractivity contribution is -0.137. The van der Waals surface area contributed by atoms with E-state index in [4.69, 9.17) is 47.4 Å². The molecule has 1 unspecified atom stereocenters. The van der Waals surface area contributed by atoms with Crippen molar-refractivity contribution in [2.75, 3.05) is 0 Å². The van der Waals surface area contributed by atoms with Crippen LogP contribution in [0.3, 0.4) is 0 Å². The maximum Gasteiger partial charge on any atom is 0.338 e. The van der Waals surface area contributed by atoms with Gasteiger partial charge in [0, 0.05) is 81.0 Å². The second-order valence-electron chi connectivity index (χ2n) is 14.0. The lowest BCUT2D eigenvalue weighted by Crippen LogP contribution is -2.35. The fraction of sp³-hybridized carbons (Fsp3) is 0.435. The molecule has 0 saturated heterocycles. The van der Waals surface area contributed by atoms with Gasteiger partial charge < -0.3 is 52.5 Å². The Bertz CT molecular complexity index is 2220. The Morgan fingerprint density at radius 2 is 0.938 bits per heavy atom. The van der Waals surface area contributed by atoms with Crippen LogP contribution in [-0.4, -0.2) is 65.3 Å². The van der Waals surface area contributed by atoms with Crippen molar-refractivity contribution in [3.8, 4) is 51.7 Å². The minimum Gasteiger partial charge on any atom is -0.481 e. The fourth-order valence-corrected chi connectivity index (χ4v) is 5.72. The van der Waals surface area contributed by atoms with Crippen molar-refractivity contribution in [2.24, 2.45) is 0 Å². The molecular weight excluding hydrogens is 856 g/mol. The molecule has 19 nitrogen and oxygen atoms in total. The van der Waals surface area contributed by atoms with E-state index < -0.39 is 89.3 Å².